The van der Waals surface area contributed by atoms with Gasteiger partial charge in [0.1, 0.15) is 5.60 Å². The molecule has 1 aromatic carbocycles. The van der Waals surface area contributed by atoms with Gasteiger partial charge in [-0.3, -0.25) is 0 Å². The molecule has 4 rings (SSSR count). The molecule has 3 aliphatic rings. The maximum Gasteiger partial charge on any atom is 0.167 e. The van der Waals surface area contributed by atoms with Crippen LogP contribution in [0.4, 0.5) is 0 Å². The zero-order chi connectivity index (χ0) is 14.7. The van der Waals surface area contributed by atoms with Crippen LogP contribution in [0.25, 0.3) is 0 Å². The molecule has 0 amide bonds. The van der Waals surface area contributed by atoms with Crippen LogP contribution in [0.15, 0.2) is 18.2 Å². The summed E-state index contributed by atoms with van der Waals surface area (Å²) in [5.74, 6) is 2.04. The van der Waals surface area contributed by atoms with E-state index in [1.807, 2.05) is 12.1 Å². The fraction of sp³-hybridized carbons (Fsp3) is 0.647. The highest BCUT2D eigenvalue weighted by Gasteiger charge is 2.54. The average molecular weight is 289 g/mol. The van der Waals surface area contributed by atoms with E-state index in [-0.39, 0.29) is 11.7 Å². The number of methoxy groups -OCH3 is 1. The fourth-order valence-corrected chi connectivity index (χ4v) is 4.02. The normalized spacial score (nSPS) is 31.6. The molecule has 114 valence electrons. The van der Waals surface area contributed by atoms with Crippen LogP contribution < -0.4 is 14.8 Å². The summed E-state index contributed by atoms with van der Waals surface area (Å²) in [6, 6.07) is 6.09. The van der Waals surface area contributed by atoms with E-state index < -0.39 is 0 Å². The number of nitrogens with one attached hydrogen (secondary N) is 1. The molecular weight excluding hydrogens is 266 g/mol. The van der Waals surface area contributed by atoms with Gasteiger partial charge in [0.15, 0.2) is 11.5 Å². The monoisotopic (exact) mass is 289 g/mol. The highest BCUT2D eigenvalue weighted by Crippen LogP contribution is 2.55. The lowest BCUT2D eigenvalue weighted by Gasteiger charge is -2.55. The Morgan fingerprint density at radius 2 is 2.10 bits per heavy atom. The lowest BCUT2D eigenvalue weighted by Crippen LogP contribution is -2.62. The Hall–Kier alpha value is -1.26. The highest BCUT2D eigenvalue weighted by molar-refractivity contribution is 5.50. The van der Waals surface area contributed by atoms with Crippen molar-refractivity contribution in [3.63, 3.8) is 0 Å². The summed E-state index contributed by atoms with van der Waals surface area (Å²) in [7, 11) is 1.69. The van der Waals surface area contributed by atoms with E-state index in [0.29, 0.717) is 11.3 Å². The van der Waals surface area contributed by atoms with E-state index in [2.05, 4.69) is 25.2 Å². The first kappa shape index (κ1) is 13.4. The minimum absolute atomic E-state index is 0.116. The Bertz CT molecular complexity index is 565. The number of hydrogen-bond acceptors (Lipinski definition) is 4. The van der Waals surface area contributed by atoms with Crippen molar-refractivity contribution < 1.29 is 14.2 Å². The number of benzene rings is 1. The second-order valence-corrected chi connectivity index (χ2v) is 7.23. The van der Waals surface area contributed by atoms with Crippen molar-refractivity contribution in [2.24, 2.45) is 11.3 Å². The molecule has 2 fully saturated rings. The molecule has 4 heteroatoms. The summed E-state index contributed by atoms with van der Waals surface area (Å²) >= 11 is 0. The van der Waals surface area contributed by atoms with Gasteiger partial charge in [0.2, 0.25) is 0 Å². The molecule has 21 heavy (non-hydrogen) atoms. The highest BCUT2D eigenvalue weighted by atomic mass is 16.5. The van der Waals surface area contributed by atoms with Crippen molar-refractivity contribution >= 4 is 0 Å². The molecule has 1 aromatic rings. The summed E-state index contributed by atoms with van der Waals surface area (Å²) in [6.45, 7) is 7.32. The van der Waals surface area contributed by atoms with E-state index in [1.54, 1.807) is 7.11 Å². The average Bonchev–Trinajstić information content (AvgIpc) is 2.44. The number of rotatable bonds is 1. The van der Waals surface area contributed by atoms with E-state index in [0.717, 1.165) is 43.2 Å². The number of para-hydroxylation sites is 1. The summed E-state index contributed by atoms with van der Waals surface area (Å²) in [6.07, 6.45) is 1.28. The van der Waals surface area contributed by atoms with Gasteiger partial charge >= 0.3 is 0 Å². The van der Waals surface area contributed by atoms with Gasteiger partial charge in [-0.15, -0.1) is 0 Å². The van der Waals surface area contributed by atoms with Crippen LogP contribution in [0.5, 0.6) is 11.5 Å². The van der Waals surface area contributed by atoms with Crippen LogP contribution in [0, 0.1) is 11.3 Å². The van der Waals surface area contributed by atoms with Crippen LogP contribution in [0.3, 0.4) is 0 Å². The SMILES string of the molecule is COc1cccc2c1OC(C)(C)[C@H]1CC3(CNC3)CO[C@H]21. The van der Waals surface area contributed by atoms with Gasteiger partial charge in [0.05, 0.1) is 19.8 Å². The Kier molecular flexibility index (Phi) is 2.79. The third-order valence-corrected chi connectivity index (χ3v) is 5.38. The first-order chi connectivity index (χ1) is 10.0. The predicted molar refractivity (Wildman–Crippen MR) is 79.8 cm³/mol. The number of fused-ring (bicyclic) bond motifs is 3. The largest absolute Gasteiger partial charge is 0.493 e. The Morgan fingerprint density at radius 1 is 1.29 bits per heavy atom. The number of hydrogen-bond donors (Lipinski definition) is 1. The Morgan fingerprint density at radius 3 is 2.76 bits per heavy atom. The Balaban J connectivity index is 1.75. The quantitative estimate of drug-likeness (QED) is 0.862. The zero-order valence-electron chi connectivity index (χ0n) is 12.9. The van der Waals surface area contributed by atoms with Gasteiger partial charge in [0, 0.05) is 30.0 Å². The van der Waals surface area contributed by atoms with Crippen molar-refractivity contribution in [1.82, 2.24) is 5.32 Å². The van der Waals surface area contributed by atoms with Crippen LogP contribution in [0.1, 0.15) is 31.9 Å². The maximum atomic E-state index is 6.35. The zero-order valence-corrected chi connectivity index (χ0v) is 12.9. The van der Waals surface area contributed by atoms with Crippen molar-refractivity contribution in [1.29, 1.82) is 0 Å². The minimum Gasteiger partial charge on any atom is -0.493 e. The first-order valence-electron chi connectivity index (χ1n) is 7.73. The van der Waals surface area contributed by atoms with Crippen molar-refractivity contribution in [3.05, 3.63) is 23.8 Å². The summed E-state index contributed by atoms with van der Waals surface area (Å²) in [4.78, 5) is 0. The van der Waals surface area contributed by atoms with E-state index in [1.165, 1.54) is 0 Å². The molecule has 0 radical (unpaired) electrons. The third-order valence-electron chi connectivity index (χ3n) is 5.38. The minimum atomic E-state index is -0.241. The summed E-state index contributed by atoms with van der Waals surface area (Å²) < 4.78 is 18.1. The van der Waals surface area contributed by atoms with Gasteiger partial charge in [-0.1, -0.05) is 12.1 Å². The molecule has 0 unspecified atom stereocenters. The standard InChI is InChI=1S/C17H23NO3/c1-16(2)12-7-17(8-18-9-17)10-20-14(12)11-5-4-6-13(19-3)15(11)21-16/h4-6,12,14,18H,7-10H2,1-3H3/t12-,14+/m0/s1. The molecule has 0 aromatic heterocycles. The lowest BCUT2D eigenvalue weighted by molar-refractivity contribution is -0.175. The van der Waals surface area contributed by atoms with Gasteiger partial charge in [-0.2, -0.15) is 0 Å². The lowest BCUT2D eigenvalue weighted by atomic mass is 9.65. The van der Waals surface area contributed by atoms with Gasteiger partial charge in [-0.05, 0) is 26.3 Å². The van der Waals surface area contributed by atoms with Crippen LogP contribution in [0.2, 0.25) is 0 Å². The van der Waals surface area contributed by atoms with Crippen LogP contribution >= 0.6 is 0 Å². The molecule has 0 bridgehead atoms. The van der Waals surface area contributed by atoms with Crippen LogP contribution in [-0.2, 0) is 4.74 Å². The second-order valence-electron chi connectivity index (χ2n) is 7.23. The van der Waals surface area contributed by atoms with E-state index in [4.69, 9.17) is 14.2 Å². The van der Waals surface area contributed by atoms with Crippen molar-refractivity contribution in [2.75, 3.05) is 26.8 Å². The first-order valence-corrected chi connectivity index (χ1v) is 7.73. The molecule has 2 atom stereocenters. The Labute approximate surface area is 125 Å². The fourth-order valence-electron chi connectivity index (χ4n) is 4.02. The maximum absolute atomic E-state index is 6.35. The molecule has 0 saturated carbocycles. The third kappa shape index (κ3) is 1.89. The predicted octanol–water partition coefficient (Wildman–Crippen LogP) is 2.53. The second kappa shape index (κ2) is 4.37. The summed E-state index contributed by atoms with van der Waals surface area (Å²) in [5, 5.41) is 3.39. The molecular formula is C17H23NO3. The van der Waals surface area contributed by atoms with Gasteiger partial charge < -0.3 is 19.5 Å². The number of ether oxygens (including phenoxy) is 3. The van der Waals surface area contributed by atoms with E-state index >= 15 is 0 Å². The van der Waals surface area contributed by atoms with Gasteiger partial charge in [-0.25, -0.2) is 0 Å². The molecule has 0 aliphatic carbocycles. The molecule has 2 saturated heterocycles. The molecule has 3 heterocycles. The van der Waals surface area contributed by atoms with Gasteiger partial charge in [0.25, 0.3) is 0 Å². The molecule has 1 N–H and O–H groups in total. The molecule has 3 aliphatic heterocycles. The van der Waals surface area contributed by atoms with E-state index in [9.17, 15) is 0 Å². The molecule has 1 spiro atoms. The van der Waals surface area contributed by atoms with Crippen molar-refractivity contribution in [2.45, 2.75) is 32.0 Å². The topological polar surface area (TPSA) is 39.7 Å². The smallest absolute Gasteiger partial charge is 0.167 e. The van der Waals surface area contributed by atoms with Crippen molar-refractivity contribution in [3.8, 4) is 11.5 Å². The molecule has 4 nitrogen and oxygen atoms in total. The summed E-state index contributed by atoms with van der Waals surface area (Å²) in [5.41, 5.74) is 1.22. The van der Waals surface area contributed by atoms with Crippen LogP contribution in [-0.4, -0.2) is 32.4 Å².